The van der Waals surface area contributed by atoms with Crippen molar-refractivity contribution in [3.8, 4) is 5.75 Å². The maximum atomic E-state index is 13.5. The summed E-state index contributed by atoms with van der Waals surface area (Å²) in [6, 6.07) is 9.83. The summed E-state index contributed by atoms with van der Waals surface area (Å²) in [5.74, 6) is 0.0416. The molecule has 1 fully saturated rings. The zero-order chi connectivity index (χ0) is 22.6. The monoisotopic (exact) mass is 464 g/mol. The highest BCUT2D eigenvalue weighted by Gasteiger charge is 2.34. The number of amides is 1. The first-order valence-corrected chi connectivity index (χ1v) is 12.3. The Labute approximate surface area is 189 Å². The smallest absolute Gasteiger partial charge is 0.243 e. The lowest BCUT2D eigenvalue weighted by Gasteiger charge is -2.33. The average molecular weight is 465 g/mol. The number of hydrogen-bond donors (Lipinski definition) is 1. The number of halogens is 1. The molecule has 0 spiro atoms. The van der Waals surface area contributed by atoms with Crippen molar-refractivity contribution in [1.29, 1.82) is 0 Å². The van der Waals surface area contributed by atoms with Gasteiger partial charge in [-0.05, 0) is 62.1 Å². The Morgan fingerprint density at radius 3 is 2.52 bits per heavy atom. The second kappa shape index (κ2) is 10.0. The highest BCUT2D eigenvalue weighted by atomic mass is 35.5. The number of carbonyl (C=O) groups is 1. The Hall–Kier alpha value is -2.09. The second-order valence-electron chi connectivity index (χ2n) is 7.93. The van der Waals surface area contributed by atoms with E-state index in [-0.39, 0.29) is 28.4 Å². The zero-order valence-electron chi connectivity index (χ0n) is 18.2. The van der Waals surface area contributed by atoms with Gasteiger partial charge in [0.1, 0.15) is 5.75 Å². The van der Waals surface area contributed by atoms with E-state index in [0.717, 1.165) is 43.2 Å². The van der Waals surface area contributed by atoms with Gasteiger partial charge in [0.2, 0.25) is 15.9 Å². The number of ether oxygens (including phenoxy) is 1. The van der Waals surface area contributed by atoms with Crippen LogP contribution in [-0.2, 0) is 14.8 Å². The summed E-state index contributed by atoms with van der Waals surface area (Å²) in [5, 5.41) is 3.10. The van der Waals surface area contributed by atoms with Crippen LogP contribution in [0.4, 0.5) is 5.69 Å². The molecule has 1 amide bonds. The summed E-state index contributed by atoms with van der Waals surface area (Å²) in [6.07, 6.45) is 4.44. The van der Waals surface area contributed by atoms with Crippen LogP contribution in [0.25, 0.3) is 0 Å². The summed E-state index contributed by atoms with van der Waals surface area (Å²) < 4.78 is 33.6. The Kier molecular flexibility index (Phi) is 7.62. The molecular formula is C23H29ClN2O4S. The van der Waals surface area contributed by atoms with Crippen LogP contribution < -0.4 is 10.1 Å². The van der Waals surface area contributed by atoms with Gasteiger partial charge in [-0.2, -0.15) is 4.31 Å². The lowest BCUT2D eigenvalue weighted by molar-refractivity contribution is -0.116. The minimum Gasteiger partial charge on any atom is -0.495 e. The lowest BCUT2D eigenvalue weighted by Crippen LogP contribution is -2.45. The van der Waals surface area contributed by atoms with Crippen LogP contribution in [0.15, 0.2) is 41.3 Å². The van der Waals surface area contributed by atoms with Crippen molar-refractivity contribution < 1.29 is 17.9 Å². The standard InChI is InChI=1S/C23H29ClN2O4S/c1-16-8-7-11-21(17(16)2)25-23(27)15-26(18-9-5-4-6-10-18)31(28,29)19-12-13-22(30-3)20(24)14-19/h7-8,11-14,18H,4-6,9-10,15H2,1-3H3,(H,25,27). The Morgan fingerprint density at radius 1 is 1.16 bits per heavy atom. The molecule has 6 nitrogen and oxygen atoms in total. The number of methoxy groups -OCH3 is 1. The molecule has 0 unspecified atom stereocenters. The summed E-state index contributed by atoms with van der Waals surface area (Å²) >= 11 is 6.18. The highest BCUT2D eigenvalue weighted by molar-refractivity contribution is 7.89. The van der Waals surface area contributed by atoms with E-state index in [0.29, 0.717) is 11.4 Å². The number of carbonyl (C=O) groups excluding carboxylic acids is 1. The first-order chi connectivity index (χ1) is 14.7. The highest BCUT2D eigenvalue weighted by Crippen LogP contribution is 2.32. The maximum Gasteiger partial charge on any atom is 0.243 e. The molecule has 0 saturated heterocycles. The van der Waals surface area contributed by atoms with E-state index in [9.17, 15) is 13.2 Å². The average Bonchev–Trinajstić information content (AvgIpc) is 2.75. The second-order valence-corrected chi connectivity index (χ2v) is 10.2. The van der Waals surface area contributed by atoms with Gasteiger partial charge < -0.3 is 10.1 Å². The van der Waals surface area contributed by atoms with E-state index in [1.165, 1.54) is 29.6 Å². The first-order valence-electron chi connectivity index (χ1n) is 10.5. The van der Waals surface area contributed by atoms with E-state index in [2.05, 4.69) is 5.32 Å². The molecule has 31 heavy (non-hydrogen) atoms. The van der Waals surface area contributed by atoms with E-state index >= 15 is 0 Å². The number of nitrogens with zero attached hydrogens (tertiary/aromatic N) is 1. The lowest BCUT2D eigenvalue weighted by atomic mass is 9.95. The van der Waals surface area contributed by atoms with E-state index in [1.807, 2.05) is 32.0 Å². The largest absolute Gasteiger partial charge is 0.495 e. The van der Waals surface area contributed by atoms with Gasteiger partial charge in [0.25, 0.3) is 0 Å². The minimum absolute atomic E-state index is 0.0587. The van der Waals surface area contributed by atoms with Crippen molar-refractivity contribution in [2.24, 2.45) is 0 Å². The predicted molar refractivity (Wildman–Crippen MR) is 123 cm³/mol. The van der Waals surface area contributed by atoms with Crippen molar-refractivity contribution in [2.75, 3.05) is 19.0 Å². The SMILES string of the molecule is COc1ccc(S(=O)(=O)N(CC(=O)Nc2cccc(C)c2C)C2CCCCC2)cc1Cl. The van der Waals surface area contributed by atoms with Gasteiger partial charge in [-0.15, -0.1) is 0 Å². The van der Waals surface area contributed by atoms with Crippen molar-refractivity contribution in [3.63, 3.8) is 0 Å². The minimum atomic E-state index is -3.92. The number of rotatable bonds is 7. The van der Waals surface area contributed by atoms with Crippen LogP contribution in [0.1, 0.15) is 43.2 Å². The van der Waals surface area contributed by atoms with Crippen LogP contribution in [-0.4, -0.2) is 38.3 Å². The summed E-state index contributed by atoms with van der Waals surface area (Å²) in [6.45, 7) is 3.65. The third-order valence-electron chi connectivity index (χ3n) is 5.89. The fraction of sp³-hybridized carbons (Fsp3) is 0.435. The van der Waals surface area contributed by atoms with Crippen LogP contribution in [0.3, 0.4) is 0 Å². The number of nitrogens with one attached hydrogen (secondary N) is 1. The zero-order valence-corrected chi connectivity index (χ0v) is 19.7. The number of benzene rings is 2. The van der Waals surface area contributed by atoms with Crippen molar-refractivity contribution in [3.05, 3.63) is 52.5 Å². The third kappa shape index (κ3) is 5.40. The molecule has 0 aromatic heterocycles. The molecule has 3 rings (SSSR count). The van der Waals surface area contributed by atoms with Gasteiger partial charge in [0.15, 0.2) is 0 Å². The predicted octanol–water partition coefficient (Wildman–Crippen LogP) is 4.93. The topological polar surface area (TPSA) is 75.7 Å². The number of anilines is 1. The summed E-state index contributed by atoms with van der Waals surface area (Å²) in [4.78, 5) is 13.0. The maximum absolute atomic E-state index is 13.5. The molecule has 0 radical (unpaired) electrons. The summed E-state index contributed by atoms with van der Waals surface area (Å²) in [7, 11) is -2.45. The molecule has 1 N–H and O–H groups in total. The number of hydrogen-bond acceptors (Lipinski definition) is 4. The third-order valence-corrected chi connectivity index (χ3v) is 8.08. The Bertz CT molecular complexity index is 1050. The molecule has 8 heteroatoms. The molecule has 1 aliphatic rings. The van der Waals surface area contributed by atoms with Crippen molar-refractivity contribution in [2.45, 2.75) is 56.9 Å². The van der Waals surface area contributed by atoms with E-state index < -0.39 is 10.0 Å². The van der Waals surface area contributed by atoms with Gasteiger partial charge in [-0.3, -0.25) is 4.79 Å². The number of aryl methyl sites for hydroxylation is 1. The number of sulfonamides is 1. The molecular weight excluding hydrogens is 436 g/mol. The van der Waals surface area contributed by atoms with Crippen LogP contribution in [0.5, 0.6) is 5.75 Å². The van der Waals surface area contributed by atoms with E-state index in [1.54, 1.807) is 0 Å². The Morgan fingerprint density at radius 2 is 1.87 bits per heavy atom. The van der Waals surface area contributed by atoms with Gasteiger partial charge in [-0.1, -0.05) is 43.0 Å². The van der Waals surface area contributed by atoms with Crippen molar-refractivity contribution >= 4 is 33.2 Å². The molecule has 168 valence electrons. The fourth-order valence-electron chi connectivity index (χ4n) is 3.94. The molecule has 2 aromatic carbocycles. The van der Waals surface area contributed by atoms with Gasteiger partial charge >= 0.3 is 0 Å². The van der Waals surface area contributed by atoms with E-state index in [4.69, 9.17) is 16.3 Å². The van der Waals surface area contributed by atoms with Crippen LogP contribution in [0, 0.1) is 13.8 Å². The Balaban J connectivity index is 1.89. The van der Waals surface area contributed by atoms with Gasteiger partial charge in [-0.25, -0.2) is 8.42 Å². The quantitative estimate of drug-likeness (QED) is 0.630. The first kappa shape index (κ1) is 23.6. The van der Waals surface area contributed by atoms with Gasteiger partial charge in [0.05, 0.1) is 23.6 Å². The van der Waals surface area contributed by atoms with Crippen molar-refractivity contribution in [1.82, 2.24) is 4.31 Å². The van der Waals surface area contributed by atoms with Crippen LogP contribution in [0.2, 0.25) is 5.02 Å². The molecule has 0 atom stereocenters. The molecule has 1 aliphatic carbocycles. The van der Waals surface area contributed by atoms with Gasteiger partial charge in [0, 0.05) is 11.7 Å². The molecule has 0 heterocycles. The molecule has 0 aliphatic heterocycles. The molecule has 0 bridgehead atoms. The summed E-state index contributed by atoms with van der Waals surface area (Å²) in [5.41, 5.74) is 2.71. The molecule has 1 saturated carbocycles. The fourth-order valence-corrected chi connectivity index (χ4v) is 5.93. The molecule has 2 aromatic rings. The normalized spacial score (nSPS) is 15.1. The van der Waals surface area contributed by atoms with Crippen LogP contribution >= 0.6 is 11.6 Å².